The third-order valence-corrected chi connectivity index (χ3v) is 8.40. The van der Waals surface area contributed by atoms with Gasteiger partial charge in [0.05, 0.1) is 11.0 Å². The van der Waals surface area contributed by atoms with Crippen LogP contribution in [-0.2, 0) is 0 Å². The predicted molar refractivity (Wildman–Crippen MR) is 137 cm³/mol. The number of aromatic nitrogens is 2. The molecule has 35 heavy (non-hydrogen) atoms. The average molecular weight is 498 g/mol. The zero-order valence-corrected chi connectivity index (χ0v) is 21.7. The first-order chi connectivity index (χ1) is 16.6. The Morgan fingerprint density at radius 3 is 2.37 bits per heavy atom. The number of aliphatic hydroxyl groups excluding tert-OH is 1. The molecule has 2 atom stereocenters. The molecule has 2 saturated heterocycles. The minimum Gasteiger partial charge on any atom is -0.393 e. The van der Waals surface area contributed by atoms with E-state index in [9.17, 15) is 14.7 Å². The summed E-state index contributed by atoms with van der Waals surface area (Å²) in [7, 11) is 0. The lowest BCUT2D eigenvalue weighted by Crippen LogP contribution is -2.36. The van der Waals surface area contributed by atoms with Gasteiger partial charge < -0.3 is 20.6 Å². The number of amides is 2. The fourth-order valence-electron chi connectivity index (χ4n) is 5.69. The Bertz CT molecular complexity index is 1120. The van der Waals surface area contributed by atoms with Crippen LogP contribution in [0.4, 0.5) is 5.82 Å². The van der Waals surface area contributed by atoms with Crippen molar-refractivity contribution in [2.75, 3.05) is 5.32 Å². The van der Waals surface area contributed by atoms with Gasteiger partial charge in [-0.05, 0) is 84.3 Å². The van der Waals surface area contributed by atoms with E-state index in [2.05, 4.69) is 41.4 Å². The van der Waals surface area contributed by atoms with Crippen molar-refractivity contribution in [1.82, 2.24) is 20.2 Å². The van der Waals surface area contributed by atoms with E-state index in [1.165, 1.54) is 11.3 Å². The molecule has 2 aliphatic heterocycles. The number of thiazole rings is 1. The van der Waals surface area contributed by atoms with Crippen LogP contribution in [0, 0.1) is 6.92 Å². The molecule has 3 N–H and O–H groups in total. The highest BCUT2D eigenvalue weighted by molar-refractivity contribution is 7.17. The van der Waals surface area contributed by atoms with Gasteiger partial charge in [0.1, 0.15) is 11.5 Å². The number of nitrogens with zero attached hydrogens (tertiary/aromatic N) is 3. The van der Waals surface area contributed by atoms with Crippen LogP contribution in [0.1, 0.15) is 91.6 Å². The van der Waals surface area contributed by atoms with Crippen molar-refractivity contribution >= 4 is 29.0 Å². The summed E-state index contributed by atoms with van der Waals surface area (Å²) in [5.74, 6) is 0.412. The maximum absolute atomic E-state index is 13.8. The van der Waals surface area contributed by atoms with E-state index in [-0.39, 0.29) is 46.6 Å². The molecule has 3 fully saturated rings. The van der Waals surface area contributed by atoms with E-state index in [4.69, 9.17) is 0 Å². The Labute approximate surface area is 210 Å². The lowest BCUT2D eigenvalue weighted by Gasteiger charge is -2.22. The van der Waals surface area contributed by atoms with Crippen LogP contribution in [-0.4, -0.2) is 61.6 Å². The van der Waals surface area contributed by atoms with E-state index in [0.29, 0.717) is 23.4 Å². The molecule has 0 aromatic carbocycles. The van der Waals surface area contributed by atoms with E-state index >= 15 is 0 Å². The van der Waals surface area contributed by atoms with Crippen molar-refractivity contribution in [2.45, 2.75) is 102 Å². The summed E-state index contributed by atoms with van der Waals surface area (Å²) in [5.41, 5.74) is 2.03. The van der Waals surface area contributed by atoms with Gasteiger partial charge in [0.15, 0.2) is 5.01 Å². The van der Waals surface area contributed by atoms with Crippen molar-refractivity contribution in [3.05, 3.63) is 28.5 Å². The molecule has 5 rings (SSSR count). The molecule has 1 saturated carbocycles. The minimum absolute atomic E-state index is 0.0652. The van der Waals surface area contributed by atoms with Gasteiger partial charge in [0, 0.05) is 35.4 Å². The van der Waals surface area contributed by atoms with Gasteiger partial charge in [-0.2, -0.15) is 0 Å². The number of anilines is 1. The summed E-state index contributed by atoms with van der Waals surface area (Å²) in [6.07, 6.45) is 7.57. The summed E-state index contributed by atoms with van der Waals surface area (Å²) < 4.78 is 0. The number of aliphatic hydroxyl groups is 1. The van der Waals surface area contributed by atoms with Gasteiger partial charge in [0.2, 0.25) is 0 Å². The number of carbonyl (C=O) groups is 2. The first-order valence-electron chi connectivity index (χ1n) is 12.7. The number of nitrogens with one attached hydrogen (secondary N) is 2. The summed E-state index contributed by atoms with van der Waals surface area (Å²) in [5, 5.41) is 16.5. The molecular weight excluding hydrogens is 462 g/mol. The monoisotopic (exact) mass is 497 g/mol. The summed E-state index contributed by atoms with van der Waals surface area (Å²) >= 11 is 1.25. The van der Waals surface area contributed by atoms with Gasteiger partial charge in [-0.3, -0.25) is 9.59 Å². The SMILES string of the molecule is Cc1cc(NC(C)(C)C)ncc1-c1sc(C(=O)NC2CC[C@@H](O)C2)nc1C(=O)N1C2CCC1CC2. The van der Waals surface area contributed by atoms with Crippen LogP contribution < -0.4 is 10.6 Å². The van der Waals surface area contributed by atoms with Gasteiger partial charge in [0.25, 0.3) is 11.8 Å². The van der Waals surface area contributed by atoms with Crippen LogP contribution >= 0.6 is 11.3 Å². The molecule has 2 aromatic heterocycles. The number of hydrogen-bond donors (Lipinski definition) is 3. The largest absolute Gasteiger partial charge is 0.393 e. The third-order valence-electron chi connectivity index (χ3n) is 7.31. The molecule has 1 aliphatic carbocycles. The molecule has 4 heterocycles. The van der Waals surface area contributed by atoms with Crippen molar-refractivity contribution in [2.24, 2.45) is 0 Å². The van der Waals surface area contributed by atoms with Crippen LogP contribution in [0.5, 0.6) is 0 Å². The lowest BCUT2D eigenvalue weighted by atomic mass is 10.0. The van der Waals surface area contributed by atoms with E-state index < -0.39 is 0 Å². The molecule has 3 aliphatic rings. The first kappa shape index (κ1) is 24.2. The third kappa shape index (κ3) is 4.93. The molecule has 2 amide bonds. The Kier molecular flexibility index (Phi) is 6.34. The van der Waals surface area contributed by atoms with Crippen LogP contribution in [0.25, 0.3) is 10.4 Å². The van der Waals surface area contributed by atoms with Crippen molar-refractivity contribution in [3.63, 3.8) is 0 Å². The maximum atomic E-state index is 13.8. The Morgan fingerprint density at radius 2 is 1.80 bits per heavy atom. The normalized spacial score (nSPS) is 25.8. The Hall–Kier alpha value is -2.52. The fraction of sp³-hybridized carbons (Fsp3) is 0.615. The summed E-state index contributed by atoms with van der Waals surface area (Å²) in [6, 6.07) is 2.46. The molecule has 2 aromatic rings. The molecule has 188 valence electrons. The molecule has 2 bridgehead atoms. The van der Waals surface area contributed by atoms with Crippen molar-refractivity contribution in [1.29, 1.82) is 0 Å². The smallest absolute Gasteiger partial charge is 0.280 e. The highest BCUT2D eigenvalue weighted by Gasteiger charge is 2.44. The molecule has 0 radical (unpaired) electrons. The van der Waals surface area contributed by atoms with Crippen LogP contribution in [0.15, 0.2) is 12.3 Å². The number of carbonyl (C=O) groups excluding carboxylic acids is 2. The summed E-state index contributed by atoms with van der Waals surface area (Å²) in [4.78, 5) is 38.8. The lowest BCUT2D eigenvalue weighted by molar-refractivity contribution is 0.0725. The first-order valence-corrected chi connectivity index (χ1v) is 13.5. The molecule has 0 spiro atoms. The standard InChI is InChI=1S/C26H35N5O3S/c1-14-11-20(30-26(2,3)4)27-13-19(14)22-21(25(34)31-16-6-7-17(31)9-8-16)29-24(35-22)23(33)28-15-5-10-18(32)12-15/h11,13,15-18,32H,5-10,12H2,1-4H3,(H,27,30)(H,28,33)/t15?,16?,17?,18-/m1/s1. The molecule has 8 nitrogen and oxygen atoms in total. The Balaban J connectivity index is 1.49. The fourth-order valence-corrected chi connectivity index (χ4v) is 6.73. The summed E-state index contributed by atoms with van der Waals surface area (Å²) in [6.45, 7) is 8.24. The zero-order valence-electron chi connectivity index (χ0n) is 20.9. The van der Waals surface area contributed by atoms with E-state index in [1.807, 2.05) is 17.9 Å². The molecule has 9 heteroatoms. The maximum Gasteiger partial charge on any atom is 0.280 e. The zero-order chi connectivity index (χ0) is 24.9. The van der Waals surface area contributed by atoms with Gasteiger partial charge in [-0.1, -0.05) is 0 Å². The van der Waals surface area contributed by atoms with Gasteiger partial charge in [-0.15, -0.1) is 11.3 Å². The van der Waals surface area contributed by atoms with E-state index in [1.54, 1.807) is 6.20 Å². The van der Waals surface area contributed by atoms with E-state index in [0.717, 1.165) is 49.0 Å². The second-order valence-electron chi connectivity index (χ2n) is 11.3. The van der Waals surface area contributed by atoms with Crippen LogP contribution in [0.2, 0.25) is 0 Å². The number of hydrogen-bond acceptors (Lipinski definition) is 7. The molecule has 1 unspecified atom stereocenters. The number of fused-ring (bicyclic) bond motifs is 2. The van der Waals surface area contributed by atoms with Crippen molar-refractivity contribution < 1.29 is 14.7 Å². The second kappa shape index (κ2) is 9.17. The highest BCUT2D eigenvalue weighted by atomic mass is 32.1. The Morgan fingerprint density at radius 1 is 1.11 bits per heavy atom. The highest BCUT2D eigenvalue weighted by Crippen LogP contribution is 2.41. The van der Waals surface area contributed by atoms with Gasteiger partial charge in [-0.25, -0.2) is 9.97 Å². The number of pyridine rings is 1. The number of aryl methyl sites for hydroxylation is 1. The van der Waals surface area contributed by atoms with Crippen LogP contribution in [0.3, 0.4) is 0 Å². The topological polar surface area (TPSA) is 107 Å². The second-order valence-corrected chi connectivity index (χ2v) is 12.3. The predicted octanol–water partition coefficient (Wildman–Crippen LogP) is 4.13. The molecular formula is C26H35N5O3S. The van der Waals surface area contributed by atoms with Gasteiger partial charge >= 0.3 is 0 Å². The quantitative estimate of drug-likeness (QED) is 0.573. The number of rotatable bonds is 5. The minimum atomic E-state index is -0.371. The average Bonchev–Trinajstić information content (AvgIpc) is 3.56. The van der Waals surface area contributed by atoms with Crippen molar-refractivity contribution in [3.8, 4) is 10.4 Å².